The maximum Gasteiger partial charge on any atom is 0.173 e. The van der Waals surface area contributed by atoms with Gasteiger partial charge in [-0.3, -0.25) is 0 Å². The van der Waals surface area contributed by atoms with Crippen LogP contribution in [0.15, 0.2) is 22.7 Å². The molecule has 0 aliphatic rings. The first-order chi connectivity index (χ1) is 9.61. The Labute approximate surface area is 126 Å². The lowest BCUT2D eigenvalue weighted by molar-refractivity contribution is 0.196. The molecule has 0 fully saturated rings. The molecular formula is C13H18BrN5O. The van der Waals surface area contributed by atoms with Gasteiger partial charge in [-0.15, -0.1) is 5.10 Å². The van der Waals surface area contributed by atoms with E-state index >= 15 is 0 Å². The molecule has 0 bridgehead atoms. The molecule has 20 heavy (non-hydrogen) atoms. The Hall–Kier alpha value is -1.31. The van der Waals surface area contributed by atoms with Crippen LogP contribution in [0.4, 0.5) is 0 Å². The van der Waals surface area contributed by atoms with Crippen molar-refractivity contribution in [2.75, 3.05) is 20.3 Å². The molecule has 0 spiro atoms. The minimum Gasteiger partial charge on any atom is -0.383 e. The van der Waals surface area contributed by atoms with Crippen LogP contribution in [0.1, 0.15) is 24.4 Å². The molecule has 0 radical (unpaired) electrons. The zero-order valence-electron chi connectivity index (χ0n) is 11.8. The molecule has 0 saturated carbocycles. The summed E-state index contributed by atoms with van der Waals surface area (Å²) in [5.74, 6) is 0.776. The lowest BCUT2D eigenvalue weighted by atomic mass is 10.2. The molecule has 0 aliphatic heterocycles. The average molecular weight is 340 g/mol. The fourth-order valence-corrected chi connectivity index (χ4v) is 2.55. The van der Waals surface area contributed by atoms with Crippen LogP contribution < -0.4 is 5.32 Å². The first-order valence-electron chi connectivity index (χ1n) is 6.40. The van der Waals surface area contributed by atoms with E-state index in [2.05, 4.69) is 36.8 Å². The minimum atomic E-state index is 0.0411. The number of rotatable bonds is 6. The lowest BCUT2D eigenvalue weighted by Gasteiger charge is -2.13. The van der Waals surface area contributed by atoms with Gasteiger partial charge in [-0.05, 0) is 48.0 Å². The van der Waals surface area contributed by atoms with E-state index in [0.717, 1.165) is 28.1 Å². The zero-order chi connectivity index (χ0) is 14.5. The van der Waals surface area contributed by atoms with Crippen molar-refractivity contribution < 1.29 is 4.74 Å². The molecule has 2 rings (SSSR count). The van der Waals surface area contributed by atoms with Crippen molar-refractivity contribution in [2.24, 2.45) is 0 Å². The standard InChI is InChI=1S/C13H18BrN5O/c1-9-6-11(14)8-12(7-9)19-13(16-17-18-19)10(2)15-4-5-20-3/h6-8,10,15H,4-5H2,1-3H3. The molecule has 0 saturated heterocycles. The predicted octanol–water partition coefficient (Wildman–Crippen LogP) is 2.03. The predicted molar refractivity (Wildman–Crippen MR) is 79.9 cm³/mol. The van der Waals surface area contributed by atoms with Crippen LogP contribution in [0.2, 0.25) is 0 Å². The monoisotopic (exact) mass is 339 g/mol. The van der Waals surface area contributed by atoms with E-state index < -0.39 is 0 Å². The number of aromatic nitrogens is 4. The van der Waals surface area contributed by atoms with Gasteiger partial charge in [0.05, 0.1) is 18.3 Å². The van der Waals surface area contributed by atoms with Gasteiger partial charge < -0.3 is 10.1 Å². The first-order valence-corrected chi connectivity index (χ1v) is 7.19. The third kappa shape index (κ3) is 3.62. The Kier molecular flexibility index (Phi) is 5.22. The minimum absolute atomic E-state index is 0.0411. The molecular weight excluding hydrogens is 322 g/mol. The van der Waals surface area contributed by atoms with Gasteiger partial charge in [0.15, 0.2) is 5.82 Å². The number of hydrogen-bond donors (Lipinski definition) is 1. The number of aryl methyl sites for hydroxylation is 1. The quantitative estimate of drug-likeness (QED) is 0.815. The van der Waals surface area contributed by atoms with Gasteiger partial charge in [0, 0.05) is 18.1 Å². The summed E-state index contributed by atoms with van der Waals surface area (Å²) in [7, 11) is 1.68. The third-order valence-electron chi connectivity index (χ3n) is 2.91. The van der Waals surface area contributed by atoms with Crippen LogP contribution in [0.25, 0.3) is 5.69 Å². The largest absolute Gasteiger partial charge is 0.383 e. The molecule has 1 atom stereocenters. The van der Waals surface area contributed by atoms with Gasteiger partial charge in [-0.25, -0.2) is 0 Å². The Morgan fingerprint density at radius 3 is 2.90 bits per heavy atom. The molecule has 7 heteroatoms. The van der Waals surface area contributed by atoms with E-state index in [0.29, 0.717) is 6.61 Å². The van der Waals surface area contributed by atoms with Crippen LogP contribution in [0, 0.1) is 6.92 Å². The van der Waals surface area contributed by atoms with E-state index in [1.807, 2.05) is 32.0 Å². The Morgan fingerprint density at radius 2 is 2.20 bits per heavy atom. The summed E-state index contributed by atoms with van der Waals surface area (Å²) in [6.45, 7) is 5.48. The number of methoxy groups -OCH3 is 1. The van der Waals surface area contributed by atoms with Crippen molar-refractivity contribution in [3.05, 3.63) is 34.1 Å². The summed E-state index contributed by atoms with van der Waals surface area (Å²) in [6.07, 6.45) is 0. The SMILES string of the molecule is COCCNC(C)c1nnnn1-c1cc(C)cc(Br)c1. The van der Waals surface area contributed by atoms with Crippen LogP contribution in [-0.2, 0) is 4.74 Å². The van der Waals surface area contributed by atoms with Crippen molar-refractivity contribution >= 4 is 15.9 Å². The molecule has 1 aromatic carbocycles. The highest BCUT2D eigenvalue weighted by atomic mass is 79.9. The summed E-state index contributed by atoms with van der Waals surface area (Å²) >= 11 is 3.50. The number of halogens is 1. The Morgan fingerprint density at radius 1 is 1.40 bits per heavy atom. The molecule has 0 aliphatic carbocycles. The number of nitrogens with one attached hydrogen (secondary N) is 1. The highest BCUT2D eigenvalue weighted by Crippen LogP contribution is 2.20. The molecule has 1 heterocycles. The smallest absolute Gasteiger partial charge is 0.173 e. The van der Waals surface area contributed by atoms with Crippen molar-refractivity contribution in [1.82, 2.24) is 25.5 Å². The summed E-state index contributed by atoms with van der Waals surface area (Å²) in [4.78, 5) is 0. The highest BCUT2D eigenvalue weighted by molar-refractivity contribution is 9.10. The van der Waals surface area contributed by atoms with E-state index in [-0.39, 0.29) is 6.04 Å². The number of tetrazole rings is 1. The van der Waals surface area contributed by atoms with Crippen molar-refractivity contribution in [3.8, 4) is 5.69 Å². The van der Waals surface area contributed by atoms with Gasteiger partial charge in [-0.1, -0.05) is 15.9 Å². The number of benzene rings is 1. The molecule has 108 valence electrons. The molecule has 1 N–H and O–H groups in total. The van der Waals surface area contributed by atoms with Gasteiger partial charge in [0.2, 0.25) is 0 Å². The summed E-state index contributed by atoms with van der Waals surface area (Å²) in [6, 6.07) is 6.13. The molecule has 2 aromatic rings. The van der Waals surface area contributed by atoms with E-state index in [9.17, 15) is 0 Å². The van der Waals surface area contributed by atoms with Gasteiger partial charge in [0.1, 0.15) is 0 Å². The van der Waals surface area contributed by atoms with Crippen molar-refractivity contribution in [3.63, 3.8) is 0 Å². The second kappa shape index (κ2) is 6.92. The second-order valence-electron chi connectivity index (χ2n) is 4.60. The maximum atomic E-state index is 5.03. The topological polar surface area (TPSA) is 64.9 Å². The first kappa shape index (κ1) is 15.1. The molecule has 1 unspecified atom stereocenters. The normalized spacial score (nSPS) is 12.6. The van der Waals surface area contributed by atoms with Crippen molar-refractivity contribution in [2.45, 2.75) is 19.9 Å². The molecule has 6 nitrogen and oxygen atoms in total. The van der Waals surface area contributed by atoms with Crippen LogP contribution in [0.3, 0.4) is 0 Å². The van der Waals surface area contributed by atoms with E-state index in [4.69, 9.17) is 4.74 Å². The number of hydrogen-bond acceptors (Lipinski definition) is 5. The summed E-state index contributed by atoms with van der Waals surface area (Å²) < 4.78 is 7.79. The van der Waals surface area contributed by atoms with Crippen LogP contribution >= 0.6 is 15.9 Å². The van der Waals surface area contributed by atoms with Gasteiger partial charge in [0.25, 0.3) is 0 Å². The lowest BCUT2D eigenvalue weighted by Crippen LogP contribution is -2.25. The summed E-state index contributed by atoms with van der Waals surface area (Å²) in [5.41, 5.74) is 2.09. The third-order valence-corrected chi connectivity index (χ3v) is 3.37. The maximum absolute atomic E-state index is 5.03. The Bertz CT molecular complexity index is 551. The van der Waals surface area contributed by atoms with E-state index in [1.165, 1.54) is 0 Å². The zero-order valence-corrected chi connectivity index (χ0v) is 13.4. The molecule has 1 aromatic heterocycles. The fraction of sp³-hybridized carbons (Fsp3) is 0.462. The number of ether oxygens (including phenoxy) is 1. The Balaban J connectivity index is 2.23. The van der Waals surface area contributed by atoms with Gasteiger partial charge >= 0.3 is 0 Å². The second-order valence-corrected chi connectivity index (χ2v) is 5.52. The highest BCUT2D eigenvalue weighted by Gasteiger charge is 2.15. The molecule has 0 amide bonds. The van der Waals surface area contributed by atoms with E-state index in [1.54, 1.807) is 11.8 Å². The van der Waals surface area contributed by atoms with Crippen LogP contribution in [0.5, 0.6) is 0 Å². The average Bonchev–Trinajstić information content (AvgIpc) is 2.87. The van der Waals surface area contributed by atoms with Crippen LogP contribution in [-0.4, -0.2) is 40.5 Å². The fourth-order valence-electron chi connectivity index (χ4n) is 1.96. The summed E-state index contributed by atoms with van der Waals surface area (Å²) in [5, 5.41) is 15.3. The number of nitrogens with zero attached hydrogens (tertiary/aromatic N) is 4. The van der Waals surface area contributed by atoms with Gasteiger partial charge in [-0.2, -0.15) is 4.68 Å². The van der Waals surface area contributed by atoms with Crippen molar-refractivity contribution in [1.29, 1.82) is 0 Å².